The highest BCUT2D eigenvalue weighted by Gasteiger charge is 2.20. The van der Waals surface area contributed by atoms with Crippen molar-refractivity contribution in [3.05, 3.63) is 68.9 Å². The van der Waals surface area contributed by atoms with Gasteiger partial charge in [-0.25, -0.2) is 18.1 Å². The van der Waals surface area contributed by atoms with Gasteiger partial charge in [-0.2, -0.15) is 0 Å². The third kappa shape index (κ3) is 4.05. The molecule has 0 spiro atoms. The normalized spacial score (nSPS) is 11.4. The first-order chi connectivity index (χ1) is 12.4. The van der Waals surface area contributed by atoms with Crippen molar-refractivity contribution in [2.45, 2.75) is 11.4 Å². The first-order valence-corrected chi connectivity index (χ1v) is 9.89. The van der Waals surface area contributed by atoms with E-state index < -0.39 is 20.6 Å². The second-order valence-corrected chi connectivity index (χ2v) is 8.11. The number of benzene rings is 1. The molecule has 3 aromatic rings. The van der Waals surface area contributed by atoms with Gasteiger partial charge in [-0.15, -0.1) is 11.3 Å². The van der Waals surface area contributed by atoms with Crippen LogP contribution in [0.5, 0.6) is 0 Å². The molecule has 11 heteroatoms. The fourth-order valence-electron chi connectivity index (χ4n) is 2.06. The maximum absolute atomic E-state index is 12.4. The molecule has 26 heavy (non-hydrogen) atoms. The van der Waals surface area contributed by atoms with Crippen molar-refractivity contribution in [3.8, 4) is 10.6 Å². The fraction of sp³-hybridized carbons (Fsp3) is 0.0667. The van der Waals surface area contributed by atoms with Crippen molar-refractivity contribution in [2.75, 3.05) is 0 Å². The van der Waals surface area contributed by atoms with Gasteiger partial charge in [0.05, 0.1) is 22.1 Å². The molecule has 0 atom stereocenters. The number of aromatic nitrogens is 2. The van der Waals surface area contributed by atoms with Crippen LogP contribution < -0.4 is 4.72 Å². The molecule has 0 amide bonds. The molecule has 0 bridgehead atoms. The molecule has 0 aliphatic heterocycles. The highest BCUT2D eigenvalue weighted by molar-refractivity contribution is 7.89. The summed E-state index contributed by atoms with van der Waals surface area (Å²) in [6, 6.07) is 6.95. The van der Waals surface area contributed by atoms with Crippen LogP contribution >= 0.6 is 22.9 Å². The molecule has 3 rings (SSSR count). The van der Waals surface area contributed by atoms with Gasteiger partial charge < -0.3 is 0 Å². The number of hydrogen-bond donors (Lipinski definition) is 1. The molecule has 2 aromatic heterocycles. The van der Waals surface area contributed by atoms with Crippen molar-refractivity contribution >= 4 is 38.6 Å². The molecule has 0 unspecified atom stereocenters. The summed E-state index contributed by atoms with van der Waals surface area (Å²) in [5.41, 5.74) is 0.892. The average molecular weight is 411 g/mol. The molecule has 1 aromatic carbocycles. The van der Waals surface area contributed by atoms with Gasteiger partial charge >= 0.3 is 0 Å². The smallest absolute Gasteiger partial charge is 0.264 e. The average Bonchev–Trinajstić information content (AvgIpc) is 3.10. The molecule has 0 saturated carbocycles. The molecule has 1 N–H and O–H groups in total. The van der Waals surface area contributed by atoms with E-state index in [-0.39, 0.29) is 16.5 Å². The number of hydrogen-bond acceptors (Lipinski definition) is 7. The molecule has 0 aliphatic rings. The van der Waals surface area contributed by atoms with E-state index in [9.17, 15) is 18.5 Å². The van der Waals surface area contributed by atoms with E-state index in [4.69, 9.17) is 11.6 Å². The first-order valence-electron chi connectivity index (χ1n) is 7.15. The molecule has 0 radical (unpaired) electrons. The van der Waals surface area contributed by atoms with Gasteiger partial charge in [-0.05, 0) is 24.3 Å². The van der Waals surface area contributed by atoms with Crippen molar-refractivity contribution in [1.29, 1.82) is 0 Å². The van der Waals surface area contributed by atoms with Crippen molar-refractivity contribution in [2.24, 2.45) is 0 Å². The van der Waals surface area contributed by atoms with Crippen LogP contribution in [0.4, 0.5) is 5.69 Å². The second kappa shape index (κ2) is 7.46. The van der Waals surface area contributed by atoms with Gasteiger partial charge in [0.25, 0.3) is 5.69 Å². The van der Waals surface area contributed by atoms with E-state index in [1.807, 2.05) is 6.07 Å². The number of nitrogens with zero attached hydrogens (tertiary/aromatic N) is 3. The van der Waals surface area contributed by atoms with Gasteiger partial charge in [0.15, 0.2) is 0 Å². The highest BCUT2D eigenvalue weighted by atomic mass is 35.5. The molecule has 2 heterocycles. The summed E-state index contributed by atoms with van der Waals surface area (Å²) in [6.07, 6.45) is 3.32. The minimum atomic E-state index is -3.95. The topological polar surface area (TPSA) is 115 Å². The highest BCUT2D eigenvalue weighted by Crippen LogP contribution is 2.27. The summed E-state index contributed by atoms with van der Waals surface area (Å²) in [4.78, 5) is 18.3. The van der Waals surface area contributed by atoms with E-state index in [0.29, 0.717) is 5.69 Å². The monoisotopic (exact) mass is 410 g/mol. The Bertz CT molecular complexity index is 1050. The minimum absolute atomic E-state index is 0.0461. The predicted octanol–water partition coefficient (Wildman–Crippen LogP) is 3.25. The Balaban J connectivity index is 1.76. The zero-order valence-corrected chi connectivity index (χ0v) is 15.4. The molecule has 0 saturated heterocycles. The zero-order valence-electron chi connectivity index (χ0n) is 13.0. The maximum Gasteiger partial charge on any atom is 0.289 e. The summed E-state index contributed by atoms with van der Waals surface area (Å²) in [7, 11) is -3.95. The molecule has 0 aliphatic carbocycles. The lowest BCUT2D eigenvalue weighted by atomic mass is 10.3. The minimum Gasteiger partial charge on any atom is -0.264 e. The SMILES string of the molecule is O=[N+]([O-])c1cc(S(=O)(=O)NCc2csc(-c3cccnc3)n2)ccc1Cl. The second-order valence-electron chi connectivity index (χ2n) is 5.08. The summed E-state index contributed by atoms with van der Waals surface area (Å²) in [6.45, 7) is -0.0461. The Labute approximate surface area is 157 Å². The lowest BCUT2D eigenvalue weighted by Crippen LogP contribution is -2.23. The van der Waals surface area contributed by atoms with Crippen LogP contribution in [0, 0.1) is 10.1 Å². The summed E-state index contributed by atoms with van der Waals surface area (Å²) in [5, 5.41) is 13.2. The van der Waals surface area contributed by atoms with Crippen LogP contribution in [0.25, 0.3) is 10.6 Å². The quantitative estimate of drug-likeness (QED) is 0.492. The van der Waals surface area contributed by atoms with Crippen molar-refractivity contribution in [1.82, 2.24) is 14.7 Å². The Hall–Kier alpha value is -2.40. The molecular formula is C15H11ClN4O4S2. The van der Waals surface area contributed by atoms with Gasteiger partial charge in [0.1, 0.15) is 10.0 Å². The van der Waals surface area contributed by atoms with Crippen LogP contribution in [-0.2, 0) is 16.6 Å². The number of rotatable bonds is 6. The predicted molar refractivity (Wildman–Crippen MR) is 97.5 cm³/mol. The van der Waals surface area contributed by atoms with E-state index in [1.54, 1.807) is 23.8 Å². The van der Waals surface area contributed by atoms with Crippen LogP contribution in [0.3, 0.4) is 0 Å². The third-order valence-corrected chi connectivity index (χ3v) is 5.99. The van der Waals surface area contributed by atoms with Gasteiger partial charge in [-0.3, -0.25) is 15.1 Å². The number of halogens is 1. The van der Waals surface area contributed by atoms with Crippen LogP contribution in [0.1, 0.15) is 5.69 Å². The van der Waals surface area contributed by atoms with E-state index in [2.05, 4.69) is 14.7 Å². The van der Waals surface area contributed by atoms with E-state index in [1.165, 1.54) is 23.5 Å². The lowest BCUT2D eigenvalue weighted by molar-refractivity contribution is -0.384. The fourth-order valence-corrected chi connectivity index (χ4v) is 4.08. The Morgan fingerprint density at radius 3 is 2.81 bits per heavy atom. The van der Waals surface area contributed by atoms with Crippen molar-refractivity contribution in [3.63, 3.8) is 0 Å². The molecule has 0 fully saturated rings. The van der Waals surface area contributed by atoms with Gasteiger partial charge in [-0.1, -0.05) is 11.6 Å². The Morgan fingerprint density at radius 2 is 2.12 bits per heavy atom. The first kappa shape index (κ1) is 18.4. The Morgan fingerprint density at radius 1 is 1.31 bits per heavy atom. The summed E-state index contributed by atoms with van der Waals surface area (Å²) >= 11 is 7.07. The van der Waals surface area contributed by atoms with Crippen LogP contribution in [0.15, 0.2) is 53.0 Å². The van der Waals surface area contributed by atoms with Gasteiger partial charge in [0.2, 0.25) is 10.0 Å². The van der Waals surface area contributed by atoms with Crippen LogP contribution in [0.2, 0.25) is 5.02 Å². The van der Waals surface area contributed by atoms with Crippen LogP contribution in [-0.4, -0.2) is 23.3 Å². The largest absolute Gasteiger partial charge is 0.289 e. The Kier molecular flexibility index (Phi) is 5.28. The van der Waals surface area contributed by atoms with E-state index >= 15 is 0 Å². The number of pyridine rings is 1. The lowest BCUT2D eigenvalue weighted by Gasteiger charge is -2.06. The maximum atomic E-state index is 12.4. The van der Waals surface area contributed by atoms with Crippen molar-refractivity contribution < 1.29 is 13.3 Å². The molecule has 8 nitrogen and oxygen atoms in total. The summed E-state index contributed by atoms with van der Waals surface area (Å²) < 4.78 is 27.1. The molecular weight excluding hydrogens is 400 g/mol. The third-order valence-electron chi connectivity index (χ3n) is 3.33. The number of nitro benzene ring substituents is 1. The molecule has 134 valence electrons. The number of nitrogens with one attached hydrogen (secondary N) is 1. The summed E-state index contributed by atoms with van der Waals surface area (Å²) in [5.74, 6) is 0. The number of thiazole rings is 1. The zero-order chi connectivity index (χ0) is 18.7. The number of sulfonamides is 1. The van der Waals surface area contributed by atoms with Gasteiger partial charge in [0, 0.05) is 29.4 Å². The van der Waals surface area contributed by atoms with E-state index in [0.717, 1.165) is 16.6 Å². The number of nitro groups is 1. The standard InChI is InChI=1S/C15H11ClN4O4S2/c16-13-4-3-12(6-14(13)20(21)22)26(23,24)18-8-11-9-25-15(19-11)10-2-1-5-17-7-10/h1-7,9,18H,8H2.